The molecule has 2 rings (SSSR count). The molecule has 7 heteroatoms. The molecule has 5 nitrogen and oxygen atoms in total. The van der Waals surface area contributed by atoms with Gasteiger partial charge in [0.15, 0.2) is 11.5 Å². The highest BCUT2D eigenvalue weighted by Crippen LogP contribution is 2.36. The maximum atomic E-state index is 11.0. The Morgan fingerprint density at radius 1 is 1.17 bits per heavy atom. The van der Waals surface area contributed by atoms with Gasteiger partial charge in [-0.05, 0) is 40.2 Å². The van der Waals surface area contributed by atoms with E-state index < -0.39 is 5.97 Å². The Morgan fingerprint density at radius 3 is 2.52 bits per heavy atom. The number of carbonyl (C=O) groups is 1. The van der Waals surface area contributed by atoms with E-state index in [1.807, 2.05) is 12.1 Å². The predicted octanol–water partition coefficient (Wildman–Crippen LogP) is 4.27. The van der Waals surface area contributed by atoms with E-state index in [0.717, 1.165) is 0 Å². The van der Waals surface area contributed by atoms with Crippen molar-refractivity contribution in [3.05, 3.63) is 51.5 Å². The smallest absolute Gasteiger partial charge is 0.335 e. The lowest BCUT2D eigenvalue weighted by Crippen LogP contribution is -2.10. The molecule has 23 heavy (non-hydrogen) atoms. The summed E-state index contributed by atoms with van der Waals surface area (Å²) in [7, 11) is 1.44. The van der Waals surface area contributed by atoms with E-state index >= 15 is 0 Å². The molecule has 0 atom stereocenters. The zero-order chi connectivity index (χ0) is 16.8. The molecule has 0 heterocycles. The Labute approximate surface area is 146 Å². The molecule has 0 aliphatic rings. The molecule has 0 aliphatic carbocycles. The monoisotopic (exact) mass is 400 g/mol. The summed E-state index contributed by atoms with van der Waals surface area (Å²) in [6.07, 6.45) is 0. The summed E-state index contributed by atoms with van der Waals surface area (Å²) >= 11 is 9.28. The zero-order valence-electron chi connectivity index (χ0n) is 12.2. The summed E-state index contributed by atoms with van der Waals surface area (Å²) in [5.74, 6) is 0.275. The van der Waals surface area contributed by atoms with Crippen molar-refractivity contribution in [3.63, 3.8) is 0 Å². The van der Waals surface area contributed by atoms with E-state index in [9.17, 15) is 4.79 Å². The summed E-state index contributed by atoms with van der Waals surface area (Å²) in [5, 5.41) is 9.56. The Hall–Kier alpha value is -1.92. The molecule has 0 fully saturated rings. The summed E-state index contributed by atoms with van der Waals surface area (Å²) < 4.78 is 16.8. The van der Waals surface area contributed by atoms with Crippen molar-refractivity contribution in [3.8, 4) is 17.2 Å². The number of halogens is 2. The number of benzene rings is 2. The number of para-hydroxylation sites is 1. The molecule has 0 saturated carbocycles. The van der Waals surface area contributed by atoms with Crippen LogP contribution in [0.15, 0.2) is 40.9 Å². The van der Waals surface area contributed by atoms with Crippen LogP contribution in [0.4, 0.5) is 0 Å². The van der Waals surface area contributed by atoms with Crippen molar-refractivity contribution in [1.82, 2.24) is 0 Å². The third kappa shape index (κ3) is 4.53. The van der Waals surface area contributed by atoms with Gasteiger partial charge in [0.05, 0.1) is 22.2 Å². The Kier molecular flexibility index (Phi) is 6.12. The minimum absolute atomic E-state index is 0.105. The van der Waals surface area contributed by atoms with E-state index in [2.05, 4.69) is 15.9 Å². The summed E-state index contributed by atoms with van der Waals surface area (Å²) in [5.41, 5.74) is 0.105. The fraction of sp³-hybridized carbons (Fsp3) is 0.188. The Bertz CT molecular complexity index is 705. The van der Waals surface area contributed by atoms with Crippen molar-refractivity contribution < 1.29 is 24.1 Å². The van der Waals surface area contributed by atoms with Crippen LogP contribution >= 0.6 is 27.5 Å². The maximum absolute atomic E-state index is 11.0. The van der Waals surface area contributed by atoms with Crippen LogP contribution in [0.25, 0.3) is 0 Å². The topological polar surface area (TPSA) is 65.0 Å². The standard InChI is InChI=1S/C16H14BrClO5/c1-21-14-9-10(16(19)20)8-11(17)15(14)23-7-6-22-13-5-3-2-4-12(13)18/h2-5,8-9H,6-7H2,1H3,(H,19,20). The first kappa shape index (κ1) is 17.4. The number of carboxylic acids is 1. The van der Waals surface area contributed by atoms with Crippen LogP contribution in [-0.4, -0.2) is 31.4 Å². The van der Waals surface area contributed by atoms with Gasteiger partial charge in [-0.1, -0.05) is 23.7 Å². The third-order valence-electron chi connectivity index (χ3n) is 2.90. The third-order valence-corrected chi connectivity index (χ3v) is 3.80. The molecule has 0 bridgehead atoms. The second-order valence-corrected chi connectivity index (χ2v) is 5.68. The predicted molar refractivity (Wildman–Crippen MR) is 90.1 cm³/mol. The number of hydrogen-bond acceptors (Lipinski definition) is 4. The number of carboxylic acid groups (broad SMARTS) is 1. The van der Waals surface area contributed by atoms with Gasteiger partial charge in [-0.25, -0.2) is 4.79 Å². The molecule has 2 aromatic carbocycles. The molecule has 0 aromatic heterocycles. The average molecular weight is 402 g/mol. The van der Waals surface area contributed by atoms with Gasteiger partial charge < -0.3 is 19.3 Å². The van der Waals surface area contributed by atoms with E-state index in [1.54, 1.807) is 12.1 Å². The molecule has 0 saturated heterocycles. The minimum atomic E-state index is -1.04. The van der Waals surface area contributed by atoms with Gasteiger partial charge in [-0.2, -0.15) is 0 Å². The average Bonchev–Trinajstić information content (AvgIpc) is 2.53. The number of methoxy groups -OCH3 is 1. The SMILES string of the molecule is COc1cc(C(=O)O)cc(Br)c1OCCOc1ccccc1Cl. The zero-order valence-corrected chi connectivity index (χ0v) is 14.6. The molecular weight excluding hydrogens is 388 g/mol. The molecular formula is C16H14BrClO5. The Balaban J connectivity index is 2.00. The summed E-state index contributed by atoms with van der Waals surface area (Å²) in [4.78, 5) is 11.0. The van der Waals surface area contributed by atoms with Gasteiger partial charge in [0.1, 0.15) is 19.0 Å². The van der Waals surface area contributed by atoms with E-state index in [-0.39, 0.29) is 18.8 Å². The minimum Gasteiger partial charge on any atom is -0.493 e. The summed E-state index contributed by atoms with van der Waals surface area (Å²) in [6, 6.07) is 10.00. The first-order valence-electron chi connectivity index (χ1n) is 6.64. The highest BCUT2D eigenvalue weighted by Gasteiger charge is 2.15. The van der Waals surface area contributed by atoms with Crippen LogP contribution in [-0.2, 0) is 0 Å². The van der Waals surface area contributed by atoms with Gasteiger partial charge in [0, 0.05) is 0 Å². The number of hydrogen-bond donors (Lipinski definition) is 1. The molecule has 0 radical (unpaired) electrons. The fourth-order valence-electron chi connectivity index (χ4n) is 1.84. The molecule has 2 aromatic rings. The molecule has 0 aliphatic heterocycles. The number of aromatic carboxylic acids is 1. The van der Waals surface area contributed by atoms with Crippen molar-refractivity contribution in [1.29, 1.82) is 0 Å². The lowest BCUT2D eigenvalue weighted by atomic mass is 10.2. The molecule has 0 spiro atoms. The van der Waals surface area contributed by atoms with Crippen LogP contribution in [0, 0.1) is 0 Å². The van der Waals surface area contributed by atoms with Crippen LogP contribution in [0.2, 0.25) is 5.02 Å². The second-order valence-electron chi connectivity index (χ2n) is 4.42. The first-order valence-corrected chi connectivity index (χ1v) is 7.81. The van der Waals surface area contributed by atoms with E-state index in [0.29, 0.717) is 26.7 Å². The van der Waals surface area contributed by atoms with Crippen LogP contribution < -0.4 is 14.2 Å². The van der Waals surface area contributed by atoms with Gasteiger partial charge in [-0.15, -0.1) is 0 Å². The van der Waals surface area contributed by atoms with Crippen molar-refractivity contribution in [2.75, 3.05) is 20.3 Å². The quantitative estimate of drug-likeness (QED) is 0.702. The highest BCUT2D eigenvalue weighted by molar-refractivity contribution is 9.10. The first-order chi connectivity index (χ1) is 11.0. The van der Waals surface area contributed by atoms with Gasteiger partial charge in [0.2, 0.25) is 0 Å². The van der Waals surface area contributed by atoms with Gasteiger partial charge >= 0.3 is 5.97 Å². The van der Waals surface area contributed by atoms with Crippen LogP contribution in [0.1, 0.15) is 10.4 Å². The maximum Gasteiger partial charge on any atom is 0.335 e. The van der Waals surface area contributed by atoms with E-state index in [4.69, 9.17) is 30.9 Å². The van der Waals surface area contributed by atoms with Crippen molar-refractivity contribution in [2.24, 2.45) is 0 Å². The highest BCUT2D eigenvalue weighted by atomic mass is 79.9. The normalized spacial score (nSPS) is 10.2. The number of ether oxygens (including phenoxy) is 3. The lowest BCUT2D eigenvalue weighted by Gasteiger charge is -2.14. The van der Waals surface area contributed by atoms with Gasteiger partial charge in [-0.3, -0.25) is 0 Å². The Morgan fingerprint density at radius 2 is 1.87 bits per heavy atom. The molecule has 0 amide bonds. The second kappa shape index (κ2) is 8.08. The molecule has 0 unspecified atom stereocenters. The van der Waals surface area contributed by atoms with Crippen LogP contribution in [0.3, 0.4) is 0 Å². The molecule has 122 valence electrons. The van der Waals surface area contributed by atoms with Gasteiger partial charge in [0.25, 0.3) is 0 Å². The summed E-state index contributed by atoms with van der Waals surface area (Å²) in [6.45, 7) is 0.520. The van der Waals surface area contributed by atoms with Crippen molar-refractivity contribution >= 4 is 33.5 Å². The fourth-order valence-corrected chi connectivity index (χ4v) is 2.59. The lowest BCUT2D eigenvalue weighted by molar-refractivity contribution is 0.0696. The number of rotatable bonds is 7. The van der Waals surface area contributed by atoms with E-state index in [1.165, 1.54) is 19.2 Å². The largest absolute Gasteiger partial charge is 0.493 e. The van der Waals surface area contributed by atoms with Crippen LogP contribution in [0.5, 0.6) is 17.2 Å². The van der Waals surface area contributed by atoms with Crippen molar-refractivity contribution in [2.45, 2.75) is 0 Å². The molecule has 1 N–H and O–H groups in total.